The van der Waals surface area contributed by atoms with Crippen LogP contribution in [0.15, 0.2) is 6.07 Å². The lowest BCUT2D eigenvalue weighted by Gasteiger charge is -2.16. The van der Waals surface area contributed by atoms with Crippen LogP contribution in [0.4, 0.5) is 0 Å². The van der Waals surface area contributed by atoms with Crippen LogP contribution in [0.5, 0.6) is 5.75 Å². The standard InChI is InChI=1S/C11H15NO/c1-8-11(13-2)7-9-5-3-4-6-10(9)12-8/h7H,3-6H2,1-2H3. The Morgan fingerprint density at radius 3 is 2.85 bits per heavy atom. The van der Waals surface area contributed by atoms with Gasteiger partial charge in [0.15, 0.2) is 0 Å². The molecule has 2 rings (SSSR count). The number of aryl methyl sites for hydroxylation is 3. The van der Waals surface area contributed by atoms with Crippen molar-refractivity contribution >= 4 is 0 Å². The summed E-state index contributed by atoms with van der Waals surface area (Å²) in [5, 5.41) is 0. The normalized spacial score (nSPS) is 15.2. The van der Waals surface area contributed by atoms with Crippen LogP contribution in [-0.2, 0) is 12.8 Å². The molecular weight excluding hydrogens is 162 g/mol. The summed E-state index contributed by atoms with van der Waals surface area (Å²) in [6.07, 6.45) is 4.88. The van der Waals surface area contributed by atoms with Gasteiger partial charge in [-0.1, -0.05) is 0 Å². The van der Waals surface area contributed by atoms with Gasteiger partial charge in [-0.3, -0.25) is 4.98 Å². The Hall–Kier alpha value is -1.05. The van der Waals surface area contributed by atoms with Crippen LogP contribution in [0.2, 0.25) is 0 Å². The first-order chi connectivity index (χ1) is 6.31. The van der Waals surface area contributed by atoms with Crippen molar-refractivity contribution in [3.8, 4) is 5.75 Å². The molecule has 0 saturated heterocycles. The van der Waals surface area contributed by atoms with E-state index in [0.29, 0.717) is 0 Å². The highest BCUT2D eigenvalue weighted by Crippen LogP contribution is 2.25. The monoisotopic (exact) mass is 177 g/mol. The molecule has 1 aliphatic rings. The zero-order chi connectivity index (χ0) is 9.26. The quantitative estimate of drug-likeness (QED) is 0.656. The van der Waals surface area contributed by atoms with Crippen molar-refractivity contribution < 1.29 is 4.74 Å². The van der Waals surface area contributed by atoms with E-state index in [2.05, 4.69) is 11.1 Å². The average molecular weight is 177 g/mol. The van der Waals surface area contributed by atoms with Crippen LogP contribution < -0.4 is 4.74 Å². The fourth-order valence-corrected chi connectivity index (χ4v) is 1.92. The highest BCUT2D eigenvalue weighted by molar-refractivity contribution is 5.36. The highest BCUT2D eigenvalue weighted by atomic mass is 16.5. The number of methoxy groups -OCH3 is 1. The minimum atomic E-state index is 0.931. The SMILES string of the molecule is COc1cc2c(nc1C)CCCC2. The maximum absolute atomic E-state index is 5.25. The minimum Gasteiger partial charge on any atom is -0.495 e. The lowest BCUT2D eigenvalue weighted by atomic mass is 9.95. The minimum absolute atomic E-state index is 0.931. The third kappa shape index (κ3) is 1.53. The second kappa shape index (κ2) is 3.36. The first kappa shape index (κ1) is 8.54. The molecule has 0 amide bonds. The van der Waals surface area contributed by atoms with Gasteiger partial charge in [-0.2, -0.15) is 0 Å². The summed E-state index contributed by atoms with van der Waals surface area (Å²) in [5.41, 5.74) is 3.68. The molecule has 0 N–H and O–H groups in total. The summed E-state index contributed by atoms with van der Waals surface area (Å²) in [6, 6.07) is 2.15. The Morgan fingerprint density at radius 2 is 2.08 bits per heavy atom. The Bertz CT molecular complexity index is 320. The molecule has 1 aromatic rings. The number of fused-ring (bicyclic) bond motifs is 1. The van der Waals surface area contributed by atoms with E-state index in [0.717, 1.165) is 17.9 Å². The molecule has 0 spiro atoms. The van der Waals surface area contributed by atoms with Crippen molar-refractivity contribution in [1.29, 1.82) is 0 Å². The van der Waals surface area contributed by atoms with Crippen molar-refractivity contribution in [2.24, 2.45) is 0 Å². The second-order valence-electron chi connectivity index (χ2n) is 3.59. The summed E-state index contributed by atoms with van der Waals surface area (Å²) in [4.78, 5) is 4.56. The molecule has 2 nitrogen and oxygen atoms in total. The van der Waals surface area contributed by atoms with Crippen molar-refractivity contribution in [1.82, 2.24) is 4.98 Å². The molecule has 0 radical (unpaired) electrons. The lowest BCUT2D eigenvalue weighted by Crippen LogP contribution is -2.07. The molecule has 2 heteroatoms. The van der Waals surface area contributed by atoms with Gasteiger partial charge in [-0.25, -0.2) is 0 Å². The third-order valence-electron chi connectivity index (χ3n) is 2.66. The van der Waals surface area contributed by atoms with Gasteiger partial charge in [0.05, 0.1) is 12.8 Å². The second-order valence-corrected chi connectivity index (χ2v) is 3.59. The van der Waals surface area contributed by atoms with Gasteiger partial charge in [-0.15, -0.1) is 0 Å². The summed E-state index contributed by atoms with van der Waals surface area (Å²) in [7, 11) is 1.71. The van der Waals surface area contributed by atoms with Crippen LogP contribution in [-0.4, -0.2) is 12.1 Å². The number of aromatic nitrogens is 1. The van der Waals surface area contributed by atoms with Gasteiger partial charge in [-0.05, 0) is 44.2 Å². The number of hydrogen-bond acceptors (Lipinski definition) is 2. The molecule has 0 bridgehead atoms. The zero-order valence-corrected chi connectivity index (χ0v) is 8.26. The van der Waals surface area contributed by atoms with Gasteiger partial charge >= 0.3 is 0 Å². The van der Waals surface area contributed by atoms with Crippen LogP contribution in [0.1, 0.15) is 29.8 Å². The van der Waals surface area contributed by atoms with Crippen molar-refractivity contribution in [3.05, 3.63) is 23.0 Å². The molecule has 1 aromatic heterocycles. The molecule has 0 unspecified atom stereocenters. The van der Waals surface area contributed by atoms with E-state index in [1.807, 2.05) is 6.92 Å². The van der Waals surface area contributed by atoms with Crippen LogP contribution in [0, 0.1) is 6.92 Å². The maximum atomic E-state index is 5.25. The van der Waals surface area contributed by atoms with Gasteiger partial charge in [0, 0.05) is 5.69 Å². The highest BCUT2D eigenvalue weighted by Gasteiger charge is 2.13. The topological polar surface area (TPSA) is 22.1 Å². The number of rotatable bonds is 1. The number of pyridine rings is 1. The van der Waals surface area contributed by atoms with E-state index >= 15 is 0 Å². The van der Waals surface area contributed by atoms with Gasteiger partial charge in [0.25, 0.3) is 0 Å². The van der Waals surface area contributed by atoms with E-state index in [4.69, 9.17) is 4.74 Å². The third-order valence-corrected chi connectivity index (χ3v) is 2.66. The molecule has 70 valence electrons. The summed E-state index contributed by atoms with van der Waals surface area (Å²) < 4.78 is 5.25. The molecule has 1 heterocycles. The summed E-state index contributed by atoms with van der Waals surface area (Å²) in [5.74, 6) is 0.931. The zero-order valence-electron chi connectivity index (χ0n) is 8.26. The molecule has 0 aromatic carbocycles. The molecule has 0 aliphatic heterocycles. The predicted octanol–water partition coefficient (Wildman–Crippen LogP) is 2.28. The Kier molecular flexibility index (Phi) is 2.21. The van der Waals surface area contributed by atoms with E-state index in [1.165, 1.54) is 30.5 Å². The largest absolute Gasteiger partial charge is 0.495 e. The van der Waals surface area contributed by atoms with Crippen LogP contribution in [0.3, 0.4) is 0 Å². The molecule has 0 saturated carbocycles. The van der Waals surface area contributed by atoms with Gasteiger partial charge < -0.3 is 4.74 Å². The van der Waals surface area contributed by atoms with E-state index in [1.54, 1.807) is 7.11 Å². The maximum Gasteiger partial charge on any atom is 0.140 e. The van der Waals surface area contributed by atoms with Gasteiger partial charge in [0.2, 0.25) is 0 Å². The van der Waals surface area contributed by atoms with E-state index in [9.17, 15) is 0 Å². The smallest absolute Gasteiger partial charge is 0.140 e. The first-order valence-corrected chi connectivity index (χ1v) is 4.84. The predicted molar refractivity (Wildman–Crippen MR) is 52.2 cm³/mol. The van der Waals surface area contributed by atoms with E-state index < -0.39 is 0 Å². The van der Waals surface area contributed by atoms with E-state index in [-0.39, 0.29) is 0 Å². The van der Waals surface area contributed by atoms with Crippen molar-refractivity contribution in [2.75, 3.05) is 7.11 Å². The lowest BCUT2D eigenvalue weighted by molar-refractivity contribution is 0.407. The number of hydrogen-bond donors (Lipinski definition) is 0. The molecule has 0 fully saturated rings. The fraction of sp³-hybridized carbons (Fsp3) is 0.545. The van der Waals surface area contributed by atoms with Crippen LogP contribution >= 0.6 is 0 Å². The summed E-state index contributed by atoms with van der Waals surface area (Å²) in [6.45, 7) is 2.01. The molecular formula is C11H15NO. The first-order valence-electron chi connectivity index (χ1n) is 4.84. The molecule has 0 atom stereocenters. The number of nitrogens with zero attached hydrogens (tertiary/aromatic N) is 1. The van der Waals surface area contributed by atoms with Crippen molar-refractivity contribution in [3.63, 3.8) is 0 Å². The Labute approximate surface area is 78.9 Å². The molecule has 13 heavy (non-hydrogen) atoms. The van der Waals surface area contributed by atoms with Gasteiger partial charge in [0.1, 0.15) is 5.75 Å². The Morgan fingerprint density at radius 1 is 1.31 bits per heavy atom. The number of ether oxygens (including phenoxy) is 1. The Balaban J connectivity index is 2.44. The van der Waals surface area contributed by atoms with Crippen LogP contribution in [0.25, 0.3) is 0 Å². The van der Waals surface area contributed by atoms with Crippen molar-refractivity contribution in [2.45, 2.75) is 32.6 Å². The average Bonchev–Trinajstić information content (AvgIpc) is 2.17. The summed E-state index contributed by atoms with van der Waals surface area (Å²) >= 11 is 0. The fourth-order valence-electron chi connectivity index (χ4n) is 1.92. The molecule has 1 aliphatic carbocycles.